The summed E-state index contributed by atoms with van der Waals surface area (Å²) in [6, 6.07) is 0. The lowest BCUT2D eigenvalue weighted by molar-refractivity contribution is -0.383. The number of ether oxygens (including phenoxy) is 4. The summed E-state index contributed by atoms with van der Waals surface area (Å²) < 4.78 is 22.7. The van der Waals surface area contributed by atoms with E-state index in [1.165, 1.54) is 0 Å². The molecule has 0 aromatic carbocycles. The maximum absolute atomic E-state index is 11.5. The van der Waals surface area contributed by atoms with Crippen molar-refractivity contribution in [1.29, 1.82) is 0 Å². The van der Waals surface area contributed by atoms with E-state index in [1.54, 1.807) is 27.7 Å². The minimum absolute atomic E-state index is 0.270. The number of hydrogen-bond acceptors (Lipinski definition) is 6. The lowest BCUT2D eigenvalue weighted by Gasteiger charge is -2.56. The SMILES string of the molecule is CC(C)(C=O)C1(C(C)(C)C=O)OCC2(COCOC2)CO1. The molecule has 21 heavy (non-hydrogen) atoms. The van der Waals surface area contributed by atoms with Crippen LogP contribution in [0.4, 0.5) is 0 Å². The minimum Gasteiger partial charge on any atom is -0.355 e. The van der Waals surface area contributed by atoms with Crippen molar-refractivity contribution >= 4 is 12.6 Å². The lowest BCUT2D eigenvalue weighted by atomic mass is 9.68. The summed E-state index contributed by atoms with van der Waals surface area (Å²) in [4.78, 5) is 23.1. The molecule has 0 bridgehead atoms. The van der Waals surface area contributed by atoms with E-state index in [0.29, 0.717) is 26.4 Å². The molecule has 6 nitrogen and oxygen atoms in total. The zero-order valence-electron chi connectivity index (χ0n) is 13.1. The maximum atomic E-state index is 11.5. The average molecular weight is 300 g/mol. The third-order valence-electron chi connectivity index (χ3n) is 4.43. The van der Waals surface area contributed by atoms with Gasteiger partial charge < -0.3 is 28.5 Å². The van der Waals surface area contributed by atoms with Gasteiger partial charge in [0.25, 0.3) is 0 Å². The third-order valence-corrected chi connectivity index (χ3v) is 4.43. The molecule has 2 rings (SSSR count). The predicted molar refractivity (Wildman–Crippen MR) is 73.5 cm³/mol. The van der Waals surface area contributed by atoms with E-state index >= 15 is 0 Å². The van der Waals surface area contributed by atoms with Crippen molar-refractivity contribution in [2.45, 2.75) is 33.5 Å². The zero-order chi connectivity index (χ0) is 15.8. The lowest BCUT2D eigenvalue weighted by Crippen LogP contribution is -2.66. The molecular weight excluding hydrogens is 276 g/mol. The van der Waals surface area contributed by atoms with Crippen molar-refractivity contribution in [3.63, 3.8) is 0 Å². The van der Waals surface area contributed by atoms with Gasteiger partial charge in [0.05, 0.1) is 42.7 Å². The second-order valence-electron chi connectivity index (χ2n) is 7.19. The van der Waals surface area contributed by atoms with Gasteiger partial charge in [0.1, 0.15) is 19.4 Å². The van der Waals surface area contributed by atoms with Crippen LogP contribution in [0, 0.1) is 16.2 Å². The molecule has 120 valence electrons. The molecule has 0 aromatic rings. The van der Waals surface area contributed by atoms with Gasteiger partial charge in [0.15, 0.2) is 5.79 Å². The molecule has 2 saturated heterocycles. The fraction of sp³-hybridized carbons (Fsp3) is 0.867. The molecule has 0 N–H and O–H groups in total. The van der Waals surface area contributed by atoms with E-state index in [9.17, 15) is 9.59 Å². The molecule has 6 heteroatoms. The highest BCUT2D eigenvalue weighted by molar-refractivity contribution is 5.66. The molecule has 2 aliphatic heterocycles. The molecule has 2 aliphatic rings. The van der Waals surface area contributed by atoms with Crippen LogP contribution in [-0.2, 0) is 28.5 Å². The first-order valence-corrected chi connectivity index (χ1v) is 7.10. The number of aldehydes is 2. The normalized spacial score (nSPS) is 25.5. The van der Waals surface area contributed by atoms with Crippen LogP contribution in [0.2, 0.25) is 0 Å². The molecule has 0 aromatic heterocycles. The van der Waals surface area contributed by atoms with Crippen molar-refractivity contribution in [3.8, 4) is 0 Å². The summed E-state index contributed by atoms with van der Waals surface area (Å²) in [6.07, 6.45) is 1.56. The predicted octanol–water partition coefficient (Wildman–Crippen LogP) is 1.17. The van der Waals surface area contributed by atoms with E-state index in [4.69, 9.17) is 18.9 Å². The zero-order valence-corrected chi connectivity index (χ0v) is 13.1. The Morgan fingerprint density at radius 3 is 1.62 bits per heavy atom. The number of rotatable bonds is 4. The van der Waals surface area contributed by atoms with E-state index in [1.807, 2.05) is 0 Å². The Kier molecular flexibility index (Phi) is 4.28. The van der Waals surface area contributed by atoms with Crippen LogP contribution in [0.15, 0.2) is 0 Å². The summed E-state index contributed by atoms with van der Waals surface area (Å²) in [5.41, 5.74) is -2.30. The number of carbonyl (C=O) groups excluding carboxylic acids is 2. The molecule has 2 heterocycles. The highest BCUT2D eigenvalue weighted by Gasteiger charge is 2.62. The summed E-state index contributed by atoms with van der Waals surface area (Å²) in [5, 5.41) is 0. The molecule has 0 saturated carbocycles. The molecular formula is C15H24O6. The van der Waals surface area contributed by atoms with Crippen LogP contribution in [0.3, 0.4) is 0 Å². The van der Waals surface area contributed by atoms with Gasteiger partial charge in [-0.15, -0.1) is 0 Å². The number of hydrogen-bond donors (Lipinski definition) is 0. The van der Waals surface area contributed by atoms with E-state index in [2.05, 4.69) is 0 Å². The standard InChI is InChI=1S/C15H24O6/c1-12(2,5-16)15(13(3,4)6-17)20-9-14(10-21-15)7-18-11-19-8-14/h5-6H,7-11H2,1-4H3. The van der Waals surface area contributed by atoms with Crippen LogP contribution >= 0.6 is 0 Å². The number of carbonyl (C=O) groups is 2. The Balaban J connectivity index is 2.29. The molecule has 0 unspecified atom stereocenters. The topological polar surface area (TPSA) is 71.1 Å². The minimum atomic E-state index is -1.30. The monoisotopic (exact) mass is 300 g/mol. The first-order valence-electron chi connectivity index (χ1n) is 7.10. The Bertz CT molecular complexity index is 376. The van der Waals surface area contributed by atoms with Gasteiger partial charge in [0.2, 0.25) is 0 Å². The Morgan fingerprint density at radius 1 is 0.810 bits per heavy atom. The first-order chi connectivity index (χ1) is 9.74. The van der Waals surface area contributed by atoms with Gasteiger partial charge in [-0.05, 0) is 27.7 Å². The quantitative estimate of drug-likeness (QED) is 0.726. The molecule has 0 aliphatic carbocycles. The van der Waals surface area contributed by atoms with E-state index in [0.717, 1.165) is 12.6 Å². The molecule has 0 atom stereocenters. The summed E-state index contributed by atoms with van der Waals surface area (Å²) in [6.45, 7) is 8.75. The molecule has 1 spiro atoms. The van der Waals surface area contributed by atoms with Gasteiger partial charge in [-0.25, -0.2) is 0 Å². The fourth-order valence-corrected chi connectivity index (χ4v) is 3.11. The van der Waals surface area contributed by atoms with Gasteiger partial charge in [-0.1, -0.05) is 0 Å². The molecule has 2 fully saturated rings. The van der Waals surface area contributed by atoms with E-state index in [-0.39, 0.29) is 12.2 Å². The van der Waals surface area contributed by atoms with Crippen molar-refractivity contribution in [2.24, 2.45) is 16.2 Å². The van der Waals surface area contributed by atoms with Gasteiger partial charge in [-0.2, -0.15) is 0 Å². The summed E-state index contributed by atoms with van der Waals surface area (Å²) in [7, 11) is 0. The summed E-state index contributed by atoms with van der Waals surface area (Å²) >= 11 is 0. The van der Waals surface area contributed by atoms with Crippen LogP contribution in [0.25, 0.3) is 0 Å². The van der Waals surface area contributed by atoms with Crippen molar-refractivity contribution in [3.05, 3.63) is 0 Å². The Hall–Kier alpha value is -0.820. The average Bonchev–Trinajstić information content (AvgIpc) is 2.48. The molecule has 0 amide bonds. The van der Waals surface area contributed by atoms with Crippen LogP contribution in [-0.4, -0.2) is 51.6 Å². The largest absolute Gasteiger partial charge is 0.355 e. The van der Waals surface area contributed by atoms with Gasteiger partial charge in [0, 0.05) is 0 Å². The van der Waals surface area contributed by atoms with Crippen LogP contribution < -0.4 is 0 Å². The highest BCUT2D eigenvalue weighted by Crippen LogP contribution is 2.50. The Labute approximate surface area is 125 Å². The smallest absolute Gasteiger partial charge is 0.191 e. The highest BCUT2D eigenvalue weighted by atomic mass is 16.7. The van der Waals surface area contributed by atoms with Gasteiger partial charge >= 0.3 is 0 Å². The van der Waals surface area contributed by atoms with Crippen molar-refractivity contribution in [1.82, 2.24) is 0 Å². The fourth-order valence-electron chi connectivity index (χ4n) is 3.11. The summed E-state index contributed by atoms with van der Waals surface area (Å²) in [5.74, 6) is -1.30. The van der Waals surface area contributed by atoms with Crippen molar-refractivity contribution < 1.29 is 28.5 Å². The van der Waals surface area contributed by atoms with E-state index < -0.39 is 16.6 Å². The van der Waals surface area contributed by atoms with Crippen LogP contribution in [0.5, 0.6) is 0 Å². The second kappa shape index (κ2) is 5.43. The Morgan fingerprint density at radius 2 is 1.24 bits per heavy atom. The third kappa shape index (κ3) is 2.54. The van der Waals surface area contributed by atoms with Gasteiger partial charge in [-0.3, -0.25) is 0 Å². The molecule has 0 radical (unpaired) electrons. The second-order valence-corrected chi connectivity index (χ2v) is 7.19. The van der Waals surface area contributed by atoms with Crippen LogP contribution in [0.1, 0.15) is 27.7 Å². The first kappa shape index (κ1) is 16.5. The maximum Gasteiger partial charge on any atom is 0.191 e. The van der Waals surface area contributed by atoms with Crippen molar-refractivity contribution in [2.75, 3.05) is 33.2 Å².